The first kappa shape index (κ1) is 15.2. The average molecular weight is 331 g/mol. The van der Waals surface area contributed by atoms with Gasteiger partial charge in [0.15, 0.2) is 0 Å². The summed E-state index contributed by atoms with van der Waals surface area (Å²) in [5.41, 5.74) is 1.54. The van der Waals surface area contributed by atoms with Gasteiger partial charge in [-0.1, -0.05) is 30.3 Å². The first-order chi connectivity index (χ1) is 11.0. The van der Waals surface area contributed by atoms with Gasteiger partial charge in [-0.15, -0.1) is 0 Å². The van der Waals surface area contributed by atoms with Crippen LogP contribution in [0.3, 0.4) is 0 Å². The van der Waals surface area contributed by atoms with E-state index in [4.69, 9.17) is 0 Å². The molecule has 0 spiro atoms. The van der Waals surface area contributed by atoms with Crippen LogP contribution in [0.15, 0.2) is 65.6 Å². The molecule has 0 aliphatic heterocycles. The Kier molecular flexibility index (Phi) is 3.87. The van der Waals surface area contributed by atoms with E-state index in [0.29, 0.717) is 11.5 Å². The molecule has 23 heavy (non-hydrogen) atoms. The monoisotopic (exact) mass is 331 g/mol. The third-order valence-electron chi connectivity index (χ3n) is 3.31. The summed E-state index contributed by atoms with van der Waals surface area (Å²) < 4.78 is 41.5. The van der Waals surface area contributed by atoms with E-state index in [1.165, 1.54) is 16.8 Å². The highest BCUT2D eigenvalue weighted by Crippen LogP contribution is 2.23. The van der Waals surface area contributed by atoms with Crippen molar-refractivity contribution in [2.45, 2.75) is 4.90 Å². The SMILES string of the molecule is Cn1nc(-c2ccccc2)cc1NS(=O)(=O)c1ccc(F)cc1. The van der Waals surface area contributed by atoms with Gasteiger partial charge in [0.2, 0.25) is 0 Å². The molecule has 2 aromatic carbocycles. The quantitative estimate of drug-likeness (QED) is 0.799. The second-order valence-electron chi connectivity index (χ2n) is 4.96. The van der Waals surface area contributed by atoms with Gasteiger partial charge in [0.05, 0.1) is 10.6 Å². The Balaban J connectivity index is 1.91. The van der Waals surface area contributed by atoms with E-state index in [2.05, 4.69) is 9.82 Å². The fourth-order valence-electron chi connectivity index (χ4n) is 2.12. The first-order valence-corrected chi connectivity index (χ1v) is 8.32. The van der Waals surface area contributed by atoms with Crippen LogP contribution in [0.2, 0.25) is 0 Å². The molecular formula is C16H14FN3O2S. The molecule has 0 aliphatic rings. The van der Waals surface area contributed by atoms with Crippen LogP contribution in [-0.4, -0.2) is 18.2 Å². The van der Waals surface area contributed by atoms with Crippen molar-refractivity contribution in [1.29, 1.82) is 0 Å². The first-order valence-electron chi connectivity index (χ1n) is 6.83. The number of benzene rings is 2. The van der Waals surface area contributed by atoms with Gasteiger partial charge < -0.3 is 0 Å². The Bertz CT molecular complexity index is 920. The number of hydrogen-bond acceptors (Lipinski definition) is 3. The van der Waals surface area contributed by atoms with Gasteiger partial charge in [-0.3, -0.25) is 9.40 Å². The molecule has 1 heterocycles. The van der Waals surface area contributed by atoms with Gasteiger partial charge in [-0.2, -0.15) is 5.10 Å². The Morgan fingerprint density at radius 3 is 2.35 bits per heavy atom. The number of sulfonamides is 1. The summed E-state index contributed by atoms with van der Waals surface area (Å²) in [6.07, 6.45) is 0. The topological polar surface area (TPSA) is 64.0 Å². The molecule has 0 saturated heterocycles. The zero-order chi connectivity index (χ0) is 16.4. The Hall–Kier alpha value is -2.67. The summed E-state index contributed by atoms with van der Waals surface area (Å²) in [7, 11) is -2.15. The summed E-state index contributed by atoms with van der Waals surface area (Å²) in [5.74, 6) is -0.163. The van der Waals surface area contributed by atoms with Crippen molar-refractivity contribution in [3.8, 4) is 11.3 Å². The summed E-state index contributed by atoms with van der Waals surface area (Å²) in [6.45, 7) is 0. The lowest BCUT2D eigenvalue weighted by Gasteiger charge is -2.07. The molecule has 1 aromatic heterocycles. The zero-order valence-electron chi connectivity index (χ0n) is 12.3. The van der Waals surface area contributed by atoms with Crippen LogP contribution in [0.5, 0.6) is 0 Å². The van der Waals surface area contributed by atoms with Crippen LogP contribution in [0.1, 0.15) is 0 Å². The number of rotatable bonds is 4. The van der Waals surface area contributed by atoms with Gasteiger partial charge in [-0.05, 0) is 24.3 Å². The van der Waals surface area contributed by atoms with Gasteiger partial charge in [-0.25, -0.2) is 12.8 Å². The predicted molar refractivity (Wildman–Crippen MR) is 85.9 cm³/mol. The smallest absolute Gasteiger partial charge is 0.263 e. The van der Waals surface area contributed by atoms with E-state index in [9.17, 15) is 12.8 Å². The number of nitrogens with zero attached hydrogens (tertiary/aromatic N) is 2. The summed E-state index contributed by atoms with van der Waals surface area (Å²) in [4.78, 5) is -0.0126. The van der Waals surface area contributed by atoms with E-state index in [1.54, 1.807) is 13.1 Å². The minimum absolute atomic E-state index is 0.0126. The van der Waals surface area contributed by atoms with Gasteiger partial charge in [0.1, 0.15) is 11.6 Å². The Labute approximate surface area is 133 Å². The molecule has 3 aromatic rings. The standard InChI is InChI=1S/C16H14FN3O2S/c1-20-16(11-15(18-20)12-5-3-2-4-6-12)19-23(21,22)14-9-7-13(17)8-10-14/h2-11,19H,1H3. The Morgan fingerprint density at radius 1 is 1.04 bits per heavy atom. The van der Waals surface area contributed by atoms with E-state index >= 15 is 0 Å². The molecule has 0 aliphatic carbocycles. The van der Waals surface area contributed by atoms with E-state index < -0.39 is 15.8 Å². The minimum atomic E-state index is -3.80. The van der Waals surface area contributed by atoms with Crippen molar-refractivity contribution in [2.24, 2.45) is 7.05 Å². The average Bonchev–Trinajstić information content (AvgIpc) is 2.89. The maximum atomic E-state index is 12.9. The molecule has 0 bridgehead atoms. The normalized spacial score (nSPS) is 11.4. The van der Waals surface area contributed by atoms with Crippen LogP contribution in [0.4, 0.5) is 10.2 Å². The fraction of sp³-hybridized carbons (Fsp3) is 0.0625. The Morgan fingerprint density at radius 2 is 1.70 bits per heavy atom. The van der Waals surface area contributed by atoms with Crippen molar-refractivity contribution >= 4 is 15.8 Å². The molecule has 0 fully saturated rings. The lowest BCUT2D eigenvalue weighted by Crippen LogP contribution is -2.15. The predicted octanol–water partition coefficient (Wildman–Crippen LogP) is 3.03. The summed E-state index contributed by atoms with van der Waals surface area (Å²) in [6, 6.07) is 15.7. The molecular weight excluding hydrogens is 317 g/mol. The molecule has 3 rings (SSSR count). The van der Waals surface area contributed by atoms with Crippen molar-refractivity contribution < 1.29 is 12.8 Å². The highest BCUT2D eigenvalue weighted by Gasteiger charge is 2.17. The minimum Gasteiger partial charge on any atom is -0.264 e. The number of aryl methyl sites for hydroxylation is 1. The molecule has 0 saturated carbocycles. The molecule has 5 nitrogen and oxygen atoms in total. The van der Waals surface area contributed by atoms with E-state index in [-0.39, 0.29) is 4.90 Å². The number of halogens is 1. The molecule has 0 radical (unpaired) electrons. The summed E-state index contributed by atoms with van der Waals surface area (Å²) >= 11 is 0. The highest BCUT2D eigenvalue weighted by atomic mass is 32.2. The highest BCUT2D eigenvalue weighted by molar-refractivity contribution is 7.92. The molecule has 0 atom stereocenters. The van der Waals surface area contributed by atoms with E-state index in [0.717, 1.165) is 17.7 Å². The maximum absolute atomic E-state index is 12.9. The zero-order valence-corrected chi connectivity index (χ0v) is 13.1. The largest absolute Gasteiger partial charge is 0.264 e. The van der Waals surface area contributed by atoms with Crippen molar-refractivity contribution in [3.63, 3.8) is 0 Å². The lowest BCUT2D eigenvalue weighted by atomic mass is 10.2. The van der Waals surface area contributed by atoms with Crippen molar-refractivity contribution in [1.82, 2.24) is 9.78 Å². The van der Waals surface area contributed by atoms with Crippen molar-refractivity contribution in [3.05, 3.63) is 66.5 Å². The lowest BCUT2D eigenvalue weighted by molar-refractivity contribution is 0.599. The third-order valence-corrected chi connectivity index (χ3v) is 4.68. The van der Waals surface area contributed by atoms with E-state index in [1.807, 2.05) is 30.3 Å². The van der Waals surface area contributed by atoms with Crippen LogP contribution in [0.25, 0.3) is 11.3 Å². The van der Waals surface area contributed by atoms with Gasteiger partial charge in [0.25, 0.3) is 10.0 Å². The van der Waals surface area contributed by atoms with Gasteiger partial charge >= 0.3 is 0 Å². The van der Waals surface area contributed by atoms with Crippen LogP contribution in [-0.2, 0) is 17.1 Å². The fourth-order valence-corrected chi connectivity index (χ4v) is 3.20. The number of hydrogen-bond donors (Lipinski definition) is 1. The number of anilines is 1. The third kappa shape index (κ3) is 3.24. The number of aromatic nitrogens is 2. The van der Waals surface area contributed by atoms with Gasteiger partial charge in [0, 0.05) is 18.7 Å². The van der Waals surface area contributed by atoms with Crippen molar-refractivity contribution in [2.75, 3.05) is 4.72 Å². The van der Waals surface area contributed by atoms with Crippen LogP contribution in [0, 0.1) is 5.82 Å². The molecule has 7 heteroatoms. The van der Waals surface area contributed by atoms with Crippen LogP contribution < -0.4 is 4.72 Å². The maximum Gasteiger partial charge on any atom is 0.263 e. The molecule has 118 valence electrons. The molecule has 0 unspecified atom stereocenters. The van der Waals surface area contributed by atoms with Crippen LogP contribution >= 0.6 is 0 Å². The number of nitrogens with one attached hydrogen (secondary N) is 1. The summed E-state index contributed by atoms with van der Waals surface area (Å²) in [5, 5.41) is 4.30. The second kappa shape index (κ2) is 5.85. The second-order valence-corrected chi connectivity index (χ2v) is 6.65. The molecule has 0 amide bonds. The molecule has 1 N–H and O–H groups in total.